The Kier molecular flexibility index (Phi) is 8.51. The second-order valence-electron chi connectivity index (χ2n) is 7.88. The van der Waals surface area contributed by atoms with Crippen LogP contribution < -0.4 is 16.4 Å². The fourth-order valence-electron chi connectivity index (χ4n) is 3.33. The van der Waals surface area contributed by atoms with Gasteiger partial charge in [0.1, 0.15) is 18.1 Å². The maximum absolute atomic E-state index is 13.0. The number of nitrogens with one attached hydrogen (secondary N) is 3. The minimum atomic E-state index is -1.51. The van der Waals surface area contributed by atoms with Crippen LogP contribution in [0.2, 0.25) is 0 Å². The van der Waals surface area contributed by atoms with E-state index in [1.54, 1.807) is 0 Å². The zero-order valence-electron chi connectivity index (χ0n) is 17.6. The first-order chi connectivity index (χ1) is 14.6. The number of aliphatic carboxylic acids is 1. The highest BCUT2D eigenvalue weighted by atomic mass is 16.4. The smallest absolute Gasteiger partial charge is 0.328 e. The number of aliphatic hydroxyl groups is 1. The lowest BCUT2D eigenvalue weighted by atomic mass is 10.0. The fourth-order valence-corrected chi connectivity index (χ4v) is 3.33. The highest BCUT2D eigenvalue weighted by molar-refractivity contribution is 5.94. The number of nitrogens with zero attached hydrogens (tertiary/aromatic N) is 2. The van der Waals surface area contributed by atoms with E-state index < -0.39 is 48.6 Å². The van der Waals surface area contributed by atoms with Gasteiger partial charge >= 0.3 is 5.97 Å². The van der Waals surface area contributed by atoms with Crippen LogP contribution in [0, 0.1) is 5.92 Å². The van der Waals surface area contributed by atoms with Gasteiger partial charge in [-0.2, -0.15) is 0 Å². The van der Waals surface area contributed by atoms with E-state index in [0.29, 0.717) is 25.1 Å². The number of hydrogen-bond acceptors (Lipinski definition) is 7. The van der Waals surface area contributed by atoms with Crippen LogP contribution in [0.5, 0.6) is 0 Å². The number of carbonyl (C=O) groups is 4. The average molecular weight is 438 g/mol. The van der Waals surface area contributed by atoms with Gasteiger partial charge in [0.2, 0.25) is 17.7 Å². The monoisotopic (exact) mass is 438 g/mol. The van der Waals surface area contributed by atoms with Gasteiger partial charge in [0.15, 0.2) is 0 Å². The molecule has 12 heteroatoms. The first-order valence-electron chi connectivity index (χ1n) is 10.1. The zero-order valence-corrected chi connectivity index (χ0v) is 17.6. The van der Waals surface area contributed by atoms with Crippen LogP contribution in [0.4, 0.5) is 0 Å². The van der Waals surface area contributed by atoms with Crippen LogP contribution >= 0.6 is 0 Å². The summed E-state index contributed by atoms with van der Waals surface area (Å²) in [6.45, 7) is 3.22. The Morgan fingerprint density at radius 1 is 1.29 bits per heavy atom. The molecule has 1 aromatic rings. The van der Waals surface area contributed by atoms with Gasteiger partial charge in [0.05, 0.1) is 19.0 Å². The summed E-state index contributed by atoms with van der Waals surface area (Å²) in [7, 11) is 0. The lowest BCUT2D eigenvalue weighted by Crippen LogP contribution is -2.58. The van der Waals surface area contributed by atoms with E-state index in [1.807, 2.05) is 13.8 Å². The molecule has 1 aliphatic rings. The van der Waals surface area contributed by atoms with Crippen molar-refractivity contribution in [2.45, 2.75) is 57.3 Å². The Bertz CT molecular complexity index is 783. The second-order valence-corrected chi connectivity index (χ2v) is 7.88. The highest BCUT2D eigenvalue weighted by Crippen LogP contribution is 2.20. The van der Waals surface area contributed by atoms with Crippen molar-refractivity contribution in [3.05, 3.63) is 18.2 Å². The maximum atomic E-state index is 13.0. The Morgan fingerprint density at radius 3 is 2.55 bits per heavy atom. The Hall–Kier alpha value is -2.99. The molecule has 1 aliphatic heterocycles. The zero-order chi connectivity index (χ0) is 23.1. The van der Waals surface area contributed by atoms with E-state index in [2.05, 4.69) is 20.6 Å². The predicted octanol–water partition coefficient (Wildman–Crippen LogP) is -2.03. The Labute approximate surface area is 179 Å². The summed E-state index contributed by atoms with van der Waals surface area (Å²) >= 11 is 0. The number of H-pyrrole nitrogens is 1. The van der Waals surface area contributed by atoms with Crippen molar-refractivity contribution in [1.82, 2.24) is 25.5 Å². The molecule has 1 saturated heterocycles. The molecule has 0 saturated carbocycles. The number of nitrogens with two attached hydrogens (primary N) is 1. The van der Waals surface area contributed by atoms with Crippen LogP contribution in [-0.4, -0.2) is 86.1 Å². The molecule has 4 unspecified atom stereocenters. The van der Waals surface area contributed by atoms with Crippen molar-refractivity contribution in [3.8, 4) is 0 Å². The fraction of sp³-hybridized carbons (Fsp3) is 0.632. The van der Waals surface area contributed by atoms with Crippen LogP contribution in [0.1, 0.15) is 32.4 Å². The number of hydrogen-bond donors (Lipinski definition) is 6. The van der Waals surface area contributed by atoms with Crippen molar-refractivity contribution >= 4 is 23.7 Å². The van der Waals surface area contributed by atoms with Gasteiger partial charge in [0, 0.05) is 24.9 Å². The van der Waals surface area contributed by atoms with E-state index in [9.17, 15) is 24.3 Å². The van der Waals surface area contributed by atoms with Gasteiger partial charge in [-0.3, -0.25) is 14.4 Å². The molecule has 0 bridgehead atoms. The minimum absolute atomic E-state index is 0.0154. The maximum Gasteiger partial charge on any atom is 0.328 e. The number of carbonyl (C=O) groups excluding carboxylic acids is 3. The molecule has 0 spiro atoms. The molecule has 31 heavy (non-hydrogen) atoms. The molecule has 0 aromatic carbocycles. The SMILES string of the molecule is CC(C)C(N)C(=O)N1CCCC1C(=O)NC(Cc1cnc[nH]1)C(=O)NC(CO)C(=O)O. The summed E-state index contributed by atoms with van der Waals surface area (Å²) in [5.74, 6) is -3.13. The summed E-state index contributed by atoms with van der Waals surface area (Å²) in [6, 6.07) is -4.17. The number of carboxylic acids is 1. The number of imidazole rings is 1. The predicted molar refractivity (Wildman–Crippen MR) is 108 cm³/mol. The molecular weight excluding hydrogens is 408 g/mol. The number of carboxylic acid groups (broad SMARTS) is 1. The van der Waals surface area contributed by atoms with Crippen molar-refractivity contribution in [3.63, 3.8) is 0 Å². The lowest BCUT2D eigenvalue weighted by molar-refractivity contribution is -0.144. The quantitative estimate of drug-likeness (QED) is 0.241. The van der Waals surface area contributed by atoms with Crippen molar-refractivity contribution in [1.29, 1.82) is 0 Å². The van der Waals surface area contributed by atoms with E-state index in [1.165, 1.54) is 17.4 Å². The van der Waals surface area contributed by atoms with Crippen LogP contribution in [-0.2, 0) is 25.6 Å². The average Bonchev–Trinajstić information content (AvgIpc) is 3.41. The van der Waals surface area contributed by atoms with E-state index in [-0.39, 0.29) is 18.2 Å². The summed E-state index contributed by atoms with van der Waals surface area (Å²) in [4.78, 5) is 57.6. The molecule has 2 heterocycles. The third-order valence-corrected chi connectivity index (χ3v) is 5.25. The van der Waals surface area contributed by atoms with E-state index in [4.69, 9.17) is 10.8 Å². The normalized spacial score (nSPS) is 19.0. The van der Waals surface area contributed by atoms with Gasteiger partial charge in [-0.1, -0.05) is 13.8 Å². The number of aromatic nitrogens is 2. The summed E-state index contributed by atoms with van der Waals surface area (Å²) in [6.07, 6.45) is 3.94. The number of rotatable bonds is 10. The summed E-state index contributed by atoms with van der Waals surface area (Å²) < 4.78 is 0. The largest absolute Gasteiger partial charge is 0.480 e. The third kappa shape index (κ3) is 6.25. The van der Waals surface area contributed by atoms with Crippen molar-refractivity contribution in [2.75, 3.05) is 13.2 Å². The molecule has 2 rings (SSSR count). The van der Waals surface area contributed by atoms with Crippen molar-refractivity contribution < 1.29 is 29.4 Å². The molecule has 1 fully saturated rings. The summed E-state index contributed by atoms with van der Waals surface area (Å²) in [5.41, 5.74) is 6.50. The van der Waals surface area contributed by atoms with E-state index >= 15 is 0 Å². The minimum Gasteiger partial charge on any atom is -0.480 e. The number of aliphatic hydroxyl groups excluding tert-OH is 1. The molecule has 3 amide bonds. The second kappa shape index (κ2) is 10.9. The number of aromatic amines is 1. The molecule has 4 atom stereocenters. The van der Waals surface area contributed by atoms with Crippen LogP contribution in [0.25, 0.3) is 0 Å². The first-order valence-corrected chi connectivity index (χ1v) is 10.1. The molecule has 0 aliphatic carbocycles. The molecule has 7 N–H and O–H groups in total. The lowest BCUT2D eigenvalue weighted by Gasteiger charge is -2.29. The Balaban J connectivity index is 2.15. The molecular formula is C19H30N6O6. The molecule has 12 nitrogen and oxygen atoms in total. The van der Waals surface area contributed by atoms with Gasteiger partial charge in [-0.05, 0) is 18.8 Å². The Morgan fingerprint density at radius 2 is 2.00 bits per heavy atom. The molecule has 0 radical (unpaired) electrons. The number of amides is 3. The molecule has 1 aromatic heterocycles. The van der Waals surface area contributed by atoms with E-state index in [0.717, 1.165) is 0 Å². The highest BCUT2D eigenvalue weighted by Gasteiger charge is 2.38. The van der Waals surface area contributed by atoms with Gasteiger partial charge in [-0.15, -0.1) is 0 Å². The first kappa shape index (κ1) is 24.3. The topological polar surface area (TPSA) is 191 Å². The van der Waals surface area contributed by atoms with Gasteiger partial charge < -0.3 is 36.5 Å². The third-order valence-electron chi connectivity index (χ3n) is 5.25. The van der Waals surface area contributed by atoms with Crippen LogP contribution in [0.3, 0.4) is 0 Å². The van der Waals surface area contributed by atoms with Gasteiger partial charge in [-0.25, -0.2) is 9.78 Å². The standard InChI is InChI=1S/C19H30N6O6/c1-10(2)15(20)18(29)25-5-3-4-14(25)17(28)23-12(6-11-7-21-9-22-11)16(27)24-13(8-26)19(30)31/h7,9-10,12-15,26H,3-6,8,20H2,1-2H3,(H,21,22)(H,23,28)(H,24,27)(H,30,31). The molecule has 172 valence electrons. The summed E-state index contributed by atoms with van der Waals surface area (Å²) in [5, 5.41) is 23.1. The number of likely N-dealkylation sites (tertiary alicyclic amines) is 1. The van der Waals surface area contributed by atoms with Crippen molar-refractivity contribution in [2.24, 2.45) is 11.7 Å². The van der Waals surface area contributed by atoms with Crippen LogP contribution in [0.15, 0.2) is 12.5 Å². The van der Waals surface area contributed by atoms with Gasteiger partial charge in [0.25, 0.3) is 0 Å².